The van der Waals surface area contributed by atoms with Crippen LogP contribution in [0.25, 0.3) is 0 Å². The number of hydrogen-bond donors (Lipinski definition) is 1. The lowest BCUT2D eigenvalue weighted by Gasteiger charge is -2.23. The summed E-state index contributed by atoms with van der Waals surface area (Å²) in [4.78, 5) is 2.13. The zero-order valence-corrected chi connectivity index (χ0v) is 12.3. The van der Waals surface area contributed by atoms with Crippen LogP contribution in [0, 0.1) is 5.82 Å². The zero-order chi connectivity index (χ0) is 15.5. The molecule has 0 amide bonds. The van der Waals surface area contributed by atoms with Gasteiger partial charge in [0.1, 0.15) is 5.82 Å². The lowest BCUT2D eigenvalue weighted by Crippen LogP contribution is -2.25. The molecule has 0 aliphatic carbocycles. The average molecular weight is 303 g/mol. The van der Waals surface area contributed by atoms with Crippen LogP contribution in [0.5, 0.6) is 5.88 Å². The van der Waals surface area contributed by atoms with Crippen LogP contribution in [0.2, 0.25) is 0 Å². The summed E-state index contributed by atoms with van der Waals surface area (Å²) in [6.07, 6.45) is 0.246. The van der Waals surface area contributed by atoms with E-state index in [4.69, 9.17) is 4.74 Å². The van der Waals surface area contributed by atoms with Crippen molar-refractivity contribution in [1.29, 1.82) is 0 Å². The third kappa shape index (κ3) is 3.23. The van der Waals surface area contributed by atoms with Crippen LogP contribution in [-0.2, 0) is 6.54 Å². The first kappa shape index (κ1) is 14.9. The average Bonchev–Trinajstić information content (AvgIpc) is 2.89. The molecule has 2 atom stereocenters. The Morgan fingerprint density at radius 1 is 1.23 bits per heavy atom. The first-order valence-corrected chi connectivity index (χ1v) is 7.20. The van der Waals surface area contributed by atoms with E-state index in [-0.39, 0.29) is 18.0 Å². The van der Waals surface area contributed by atoms with Gasteiger partial charge in [-0.3, -0.25) is 4.90 Å². The van der Waals surface area contributed by atoms with E-state index in [0.29, 0.717) is 25.4 Å². The maximum atomic E-state index is 13.1. The number of rotatable bonds is 4. The van der Waals surface area contributed by atoms with Crippen LogP contribution < -0.4 is 4.74 Å². The molecule has 1 aliphatic heterocycles. The topological polar surface area (TPSA) is 58.5 Å². The van der Waals surface area contributed by atoms with Crippen LogP contribution in [0.15, 0.2) is 36.4 Å². The van der Waals surface area contributed by atoms with Gasteiger partial charge in [-0.2, -0.15) is 5.10 Å². The number of aromatic nitrogens is 2. The molecular weight excluding hydrogens is 285 g/mol. The largest absolute Gasteiger partial charge is 0.480 e. The van der Waals surface area contributed by atoms with E-state index >= 15 is 0 Å². The molecule has 5 nitrogen and oxygen atoms in total. The minimum atomic E-state index is -0.388. The second-order valence-corrected chi connectivity index (χ2v) is 5.45. The molecular formula is C16H18FN3O2. The molecule has 1 aromatic heterocycles. The number of ether oxygens (including phenoxy) is 1. The Bertz CT molecular complexity index is 618. The van der Waals surface area contributed by atoms with Gasteiger partial charge >= 0.3 is 0 Å². The van der Waals surface area contributed by atoms with E-state index < -0.39 is 0 Å². The van der Waals surface area contributed by atoms with Gasteiger partial charge in [0.25, 0.3) is 0 Å². The minimum absolute atomic E-state index is 0.0551. The molecule has 1 N–H and O–H groups in total. The van der Waals surface area contributed by atoms with Crippen LogP contribution in [0.1, 0.15) is 23.7 Å². The molecule has 0 radical (unpaired) electrons. The second kappa shape index (κ2) is 6.37. The summed E-state index contributed by atoms with van der Waals surface area (Å²) >= 11 is 0. The quantitative estimate of drug-likeness (QED) is 0.935. The van der Waals surface area contributed by atoms with Crippen molar-refractivity contribution in [3.05, 3.63) is 53.5 Å². The summed E-state index contributed by atoms with van der Waals surface area (Å²) in [5.74, 6) is 0.218. The molecule has 116 valence electrons. The summed E-state index contributed by atoms with van der Waals surface area (Å²) in [6, 6.07) is 10.1. The van der Waals surface area contributed by atoms with Crippen molar-refractivity contribution >= 4 is 0 Å². The maximum absolute atomic E-state index is 13.1. The number of aliphatic hydroxyl groups is 1. The third-order valence-electron chi connectivity index (χ3n) is 3.91. The van der Waals surface area contributed by atoms with Gasteiger partial charge in [-0.15, -0.1) is 5.10 Å². The van der Waals surface area contributed by atoms with Crippen molar-refractivity contribution in [2.75, 3.05) is 13.7 Å². The van der Waals surface area contributed by atoms with Gasteiger partial charge in [0.2, 0.25) is 5.88 Å². The maximum Gasteiger partial charge on any atom is 0.233 e. The highest BCUT2D eigenvalue weighted by atomic mass is 19.1. The molecule has 0 spiro atoms. The normalized spacial score (nSPS) is 22.0. The van der Waals surface area contributed by atoms with Crippen LogP contribution in [-0.4, -0.2) is 40.0 Å². The van der Waals surface area contributed by atoms with Crippen molar-refractivity contribution in [3.8, 4) is 5.88 Å². The Labute approximate surface area is 128 Å². The van der Waals surface area contributed by atoms with E-state index in [0.717, 1.165) is 11.3 Å². The van der Waals surface area contributed by atoms with E-state index in [9.17, 15) is 9.50 Å². The summed E-state index contributed by atoms with van der Waals surface area (Å²) in [5.41, 5.74) is 1.81. The molecule has 6 heteroatoms. The Hall–Kier alpha value is -2.05. The van der Waals surface area contributed by atoms with E-state index in [1.807, 2.05) is 6.07 Å². The third-order valence-corrected chi connectivity index (χ3v) is 3.91. The van der Waals surface area contributed by atoms with Crippen molar-refractivity contribution in [3.63, 3.8) is 0 Å². The second-order valence-electron chi connectivity index (χ2n) is 5.45. The molecule has 2 aromatic rings. The summed E-state index contributed by atoms with van der Waals surface area (Å²) < 4.78 is 18.1. The van der Waals surface area contributed by atoms with Crippen LogP contribution in [0.3, 0.4) is 0 Å². The summed E-state index contributed by atoms with van der Waals surface area (Å²) in [6.45, 7) is 1.14. The number of benzene rings is 1. The predicted octanol–water partition coefficient (Wildman–Crippen LogP) is 1.93. The van der Waals surface area contributed by atoms with Gasteiger partial charge in [-0.1, -0.05) is 12.1 Å². The van der Waals surface area contributed by atoms with Crippen molar-refractivity contribution in [2.24, 2.45) is 0 Å². The first-order chi connectivity index (χ1) is 10.7. The first-order valence-electron chi connectivity index (χ1n) is 7.20. The number of aliphatic hydroxyl groups excluding tert-OH is 1. The number of methoxy groups -OCH3 is 1. The Kier molecular flexibility index (Phi) is 4.31. The Morgan fingerprint density at radius 2 is 2.00 bits per heavy atom. The predicted molar refractivity (Wildman–Crippen MR) is 78.8 cm³/mol. The fourth-order valence-electron chi connectivity index (χ4n) is 2.83. The molecule has 0 unspecified atom stereocenters. The van der Waals surface area contributed by atoms with E-state index in [1.54, 1.807) is 25.3 Å². The number of β-amino-alcohol motifs (C(OH)–C–C–N with tert-alkyl or cyclic N) is 1. The lowest BCUT2D eigenvalue weighted by atomic mass is 10.0. The van der Waals surface area contributed by atoms with E-state index in [1.165, 1.54) is 12.1 Å². The van der Waals surface area contributed by atoms with Gasteiger partial charge < -0.3 is 9.84 Å². The number of halogens is 1. The highest BCUT2D eigenvalue weighted by Gasteiger charge is 2.32. The molecule has 0 bridgehead atoms. The van der Waals surface area contributed by atoms with Gasteiger partial charge in [0.05, 0.1) is 18.9 Å². The summed E-state index contributed by atoms with van der Waals surface area (Å²) in [5, 5.41) is 18.1. The number of likely N-dealkylation sites (tertiary alicyclic amines) is 1. The van der Waals surface area contributed by atoms with Gasteiger partial charge in [0, 0.05) is 25.2 Å². The Balaban J connectivity index is 1.76. The molecule has 1 aliphatic rings. The van der Waals surface area contributed by atoms with Gasteiger partial charge in [-0.25, -0.2) is 4.39 Å². The standard InChI is InChI=1S/C16H18FN3O2/c1-22-16-7-6-13(18-19-16)9-20-10-14(21)8-15(20)11-2-4-12(17)5-3-11/h2-7,14-15,21H,8-10H2,1H3/t14-,15-/m0/s1. The zero-order valence-electron chi connectivity index (χ0n) is 12.3. The SMILES string of the molecule is COc1ccc(CN2C[C@@H](O)C[C@H]2c2ccc(F)cc2)nn1. The van der Waals surface area contributed by atoms with Gasteiger partial charge in [-0.05, 0) is 30.2 Å². The fraction of sp³-hybridized carbons (Fsp3) is 0.375. The number of nitrogens with zero attached hydrogens (tertiary/aromatic N) is 3. The molecule has 1 aromatic carbocycles. The molecule has 1 saturated heterocycles. The van der Waals surface area contributed by atoms with Crippen molar-refractivity contribution in [2.45, 2.75) is 25.1 Å². The minimum Gasteiger partial charge on any atom is -0.480 e. The van der Waals surface area contributed by atoms with Crippen LogP contribution in [0.4, 0.5) is 4.39 Å². The molecule has 1 fully saturated rings. The monoisotopic (exact) mass is 303 g/mol. The molecule has 3 rings (SSSR count). The lowest BCUT2D eigenvalue weighted by molar-refractivity contribution is 0.172. The van der Waals surface area contributed by atoms with Gasteiger partial charge in [0.15, 0.2) is 0 Å². The Morgan fingerprint density at radius 3 is 2.64 bits per heavy atom. The van der Waals surface area contributed by atoms with Crippen molar-refractivity contribution < 1.29 is 14.2 Å². The fourth-order valence-corrected chi connectivity index (χ4v) is 2.83. The van der Waals surface area contributed by atoms with Crippen LogP contribution >= 0.6 is 0 Å². The van der Waals surface area contributed by atoms with E-state index in [2.05, 4.69) is 15.1 Å². The number of hydrogen-bond acceptors (Lipinski definition) is 5. The van der Waals surface area contributed by atoms with Crippen molar-refractivity contribution in [1.82, 2.24) is 15.1 Å². The molecule has 22 heavy (non-hydrogen) atoms. The molecule has 0 saturated carbocycles. The summed E-state index contributed by atoms with van der Waals surface area (Å²) in [7, 11) is 1.55. The molecule has 2 heterocycles. The smallest absolute Gasteiger partial charge is 0.233 e. The highest BCUT2D eigenvalue weighted by molar-refractivity contribution is 5.22. The highest BCUT2D eigenvalue weighted by Crippen LogP contribution is 2.33.